The highest BCUT2D eigenvalue weighted by Crippen LogP contribution is 2.07. The summed E-state index contributed by atoms with van der Waals surface area (Å²) in [7, 11) is 1.27. The Balaban J connectivity index is 2.09. The summed E-state index contributed by atoms with van der Waals surface area (Å²) in [6.45, 7) is 0. The van der Waals surface area contributed by atoms with Crippen molar-refractivity contribution in [3.05, 3.63) is 46.7 Å². The Labute approximate surface area is 129 Å². The summed E-state index contributed by atoms with van der Waals surface area (Å²) >= 11 is 3.19. The van der Waals surface area contributed by atoms with Gasteiger partial charge in [0.25, 0.3) is 5.91 Å². The van der Waals surface area contributed by atoms with Crippen LogP contribution >= 0.6 is 15.9 Å². The number of nitrogens with one attached hydrogen (secondary N) is 2. The summed E-state index contributed by atoms with van der Waals surface area (Å²) in [6.07, 6.45) is 4.78. The maximum absolute atomic E-state index is 12.1. The second-order valence-corrected chi connectivity index (χ2v) is 5.01. The highest BCUT2D eigenvalue weighted by atomic mass is 79.9. The second kappa shape index (κ2) is 6.98. The minimum Gasteiger partial charge on any atom is -0.467 e. The number of carbonyl (C=O) groups excluding carboxylic acids is 2. The fourth-order valence-corrected chi connectivity index (χ4v) is 1.94. The Bertz CT molecular complexity index is 613. The third kappa shape index (κ3) is 4.12. The van der Waals surface area contributed by atoms with Crippen molar-refractivity contribution in [2.45, 2.75) is 12.5 Å². The Morgan fingerprint density at radius 1 is 1.43 bits per heavy atom. The Hall–Kier alpha value is -2.22. The fraction of sp³-hybridized carbons (Fsp3) is 0.231. The predicted molar refractivity (Wildman–Crippen MR) is 77.5 cm³/mol. The monoisotopic (exact) mass is 352 g/mol. The number of aromatic amines is 1. The molecule has 0 aliphatic rings. The van der Waals surface area contributed by atoms with Gasteiger partial charge in [0.2, 0.25) is 0 Å². The number of pyridine rings is 1. The molecule has 2 rings (SSSR count). The van der Waals surface area contributed by atoms with E-state index in [0.717, 1.165) is 5.69 Å². The molecule has 0 spiro atoms. The van der Waals surface area contributed by atoms with Crippen molar-refractivity contribution < 1.29 is 14.3 Å². The zero-order chi connectivity index (χ0) is 15.2. The van der Waals surface area contributed by atoms with Gasteiger partial charge in [-0.05, 0) is 28.1 Å². The van der Waals surface area contributed by atoms with Crippen LogP contribution in [0.15, 0.2) is 35.5 Å². The molecule has 0 aliphatic carbocycles. The van der Waals surface area contributed by atoms with Crippen LogP contribution in [0.5, 0.6) is 0 Å². The van der Waals surface area contributed by atoms with Crippen molar-refractivity contribution in [3.63, 3.8) is 0 Å². The largest absolute Gasteiger partial charge is 0.467 e. The first-order chi connectivity index (χ1) is 10.1. The summed E-state index contributed by atoms with van der Waals surface area (Å²) in [5.74, 6) is -0.923. The van der Waals surface area contributed by atoms with Gasteiger partial charge in [0.1, 0.15) is 10.6 Å². The number of carbonyl (C=O) groups is 2. The van der Waals surface area contributed by atoms with E-state index in [-0.39, 0.29) is 6.42 Å². The first-order valence-corrected chi connectivity index (χ1v) is 6.87. The molecule has 7 nitrogen and oxygen atoms in total. The topological polar surface area (TPSA) is 97.0 Å². The first-order valence-electron chi connectivity index (χ1n) is 6.07. The number of amides is 1. The molecule has 2 heterocycles. The molecule has 2 aromatic rings. The van der Waals surface area contributed by atoms with E-state index < -0.39 is 17.9 Å². The molecular formula is C13H13BrN4O3. The van der Waals surface area contributed by atoms with Gasteiger partial charge in [0.05, 0.1) is 19.0 Å². The SMILES string of the molecule is COC(=O)[C@H](Cc1cnc[nH]1)NC(=O)c1ccc(Br)nc1. The molecule has 21 heavy (non-hydrogen) atoms. The van der Waals surface area contributed by atoms with E-state index >= 15 is 0 Å². The van der Waals surface area contributed by atoms with Crippen molar-refractivity contribution in [2.75, 3.05) is 7.11 Å². The number of methoxy groups -OCH3 is 1. The first kappa shape index (κ1) is 15.2. The van der Waals surface area contributed by atoms with Gasteiger partial charge >= 0.3 is 5.97 Å². The quantitative estimate of drug-likeness (QED) is 0.619. The third-order valence-corrected chi connectivity index (χ3v) is 3.23. The summed E-state index contributed by atoms with van der Waals surface area (Å²) in [5.41, 5.74) is 1.08. The van der Waals surface area contributed by atoms with Crippen LogP contribution in [0.2, 0.25) is 0 Å². The van der Waals surface area contributed by atoms with Crippen molar-refractivity contribution in [1.29, 1.82) is 0 Å². The standard InChI is InChI=1S/C13H13BrN4O3/c1-21-13(20)10(4-9-6-15-7-17-9)18-12(19)8-2-3-11(14)16-5-8/h2-3,5-7,10H,4H2,1H3,(H,15,17)(H,18,19)/t10-/m0/s1. The van der Waals surface area contributed by atoms with E-state index in [9.17, 15) is 9.59 Å². The van der Waals surface area contributed by atoms with Crippen LogP contribution in [0.4, 0.5) is 0 Å². The highest BCUT2D eigenvalue weighted by molar-refractivity contribution is 9.10. The molecule has 0 aromatic carbocycles. The molecule has 0 fully saturated rings. The number of esters is 1. The van der Waals surface area contributed by atoms with Crippen molar-refractivity contribution in [1.82, 2.24) is 20.3 Å². The van der Waals surface area contributed by atoms with Crippen LogP contribution in [0.25, 0.3) is 0 Å². The van der Waals surface area contributed by atoms with Crippen molar-refractivity contribution >= 4 is 27.8 Å². The van der Waals surface area contributed by atoms with Crippen LogP contribution in [-0.4, -0.2) is 40.0 Å². The van der Waals surface area contributed by atoms with Gasteiger partial charge in [0.15, 0.2) is 0 Å². The van der Waals surface area contributed by atoms with Crippen LogP contribution in [0.1, 0.15) is 16.1 Å². The second-order valence-electron chi connectivity index (χ2n) is 4.20. The number of aromatic nitrogens is 3. The van der Waals surface area contributed by atoms with E-state index in [1.54, 1.807) is 18.3 Å². The van der Waals surface area contributed by atoms with Gasteiger partial charge in [-0.1, -0.05) is 0 Å². The fourth-order valence-electron chi connectivity index (χ4n) is 1.70. The summed E-state index contributed by atoms with van der Waals surface area (Å²) in [4.78, 5) is 34.6. The van der Waals surface area contributed by atoms with Crippen LogP contribution < -0.4 is 5.32 Å². The summed E-state index contributed by atoms with van der Waals surface area (Å²) in [5, 5.41) is 2.63. The maximum atomic E-state index is 12.1. The Morgan fingerprint density at radius 2 is 2.24 bits per heavy atom. The highest BCUT2D eigenvalue weighted by Gasteiger charge is 2.23. The smallest absolute Gasteiger partial charge is 0.328 e. The van der Waals surface area contributed by atoms with E-state index in [0.29, 0.717) is 10.2 Å². The number of hydrogen-bond acceptors (Lipinski definition) is 5. The van der Waals surface area contributed by atoms with Crippen LogP contribution in [-0.2, 0) is 16.0 Å². The van der Waals surface area contributed by atoms with Crippen LogP contribution in [0.3, 0.4) is 0 Å². The number of hydrogen-bond donors (Lipinski definition) is 2. The predicted octanol–water partition coefficient (Wildman–Crippen LogP) is 1.08. The number of nitrogens with zero attached hydrogens (tertiary/aromatic N) is 2. The molecule has 0 aliphatic heterocycles. The molecule has 1 atom stereocenters. The Morgan fingerprint density at radius 3 is 2.81 bits per heavy atom. The number of H-pyrrole nitrogens is 1. The lowest BCUT2D eigenvalue weighted by atomic mass is 10.1. The number of imidazole rings is 1. The zero-order valence-corrected chi connectivity index (χ0v) is 12.8. The molecule has 0 saturated carbocycles. The summed E-state index contributed by atoms with van der Waals surface area (Å²) in [6, 6.07) is 2.46. The average Bonchev–Trinajstić information content (AvgIpc) is 2.99. The van der Waals surface area contributed by atoms with E-state index in [1.807, 2.05) is 0 Å². The minimum atomic E-state index is -0.799. The van der Waals surface area contributed by atoms with Crippen LogP contribution in [0, 0.1) is 0 Å². The molecule has 1 amide bonds. The molecule has 0 radical (unpaired) electrons. The molecule has 2 aromatic heterocycles. The molecule has 110 valence electrons. The van der Waals surface area contributed by atoms with Gasteiger partial charge < -0.3 is 15.0 Å². The minimum absolute atomic E-state index is 0.266. The third-order valence-electron chi connectivity index (χ3n) is 2.76. The van der Waals surface area contributed by atoms with Gasteiger partial charge in [-0.15, -0.1) is 0 Å². The zero-order valence-electron chi connectivity index (χ0n) is 11.2. The van der Waals surface area contributed by atoms with E-state index in [4.69, 9.17) is 4.74 Å². The number of halogens is 1. The summed E-state index contributed by atoms with van der Waals surface area (Å²) < 4.78 is 5.33. The van der Waals surface area contributed by atoms with Gasteiger partial charge in [0, 0.05) is 24.5 Å². The molecule has 0 bridgehead atoms. The van der Waals surface area contributed by atoms with Crippen molar-refractivity contribution in [2.24, 2.45) is 0 Å². The van der Waals surface area contributed by atoms with Gasteiger partial charge in [-0.3, -0.25) is 4.79 Å². The lowest BCUT2D eigenvalue weighted by Crippen LogP contribution is -2.43. The Kier molecular flexibility index (Phi) is 5.04. The lowest BCUT2D eigenvalue weighted by molar-refractivity contribution is -0.142. The van der Waals surface area contributed by atoms with E-state index in [2.05, 4.69) is 36.2 Å². The van der Waals surface area contributed by atoms with Gasteiger partial charge in [-0.2, -0.15) is 0 Å². The molecule has 8 heteroatoms. The average molecular weight is 353 g/mol. The lowest BCUT2D eigenvalue weighted by Gasteiger charge is -2.15. The van der Waals surface area contributed by atoms with Crippen molar-refractivity contribution in [3.8, 4) is 0 Å². The maximum Gasteiger partial charge on any atom is 0.328 e. The molecule has 0 saturated heterocycles. The number of ether oxygens (including phenoxy) is 1. The molecule has 2 N–H and O–H groups in total. The van der Waals surface area contributed by atoms with Gasteiger partial charge in [-0.25, -0.2) is 14.8 Å². The number of rotatable bonds is 5. The van der Waals surface area contributed by atoms with E-state index in [1.165, 1.54) is 19.6 Å². The molecule has 0 unspecified atom stereocenters. The normalized spacial score (nSPS) is 11.7. The molecular weight excluding hydrogens is 340 g/mol.